The van der Waals surface area contributed by atoms with E-state index in [-0.39, 0.29) is 11.9 Å². The molecule has 1 amide bonds. The molecule has 0 unspecified atom stereocenters. The van der Waals surface area contributed by atoms with Gasteiger partial charge in [-0.05, 0) is 13.0 Å². The van der Waals surface area contributed by atoms with E-state index in [1.165, 1.54) is 0 Å². The van der Waals surface area contributed by atoms with Crippen LogP contribution in [-0.4, -0.2) is 31.7 Å². The number of nitrogens with one attached hydrogen (secondary N) is 1. The fourth-order valence-corrected chi connectivity index (χ4v) is 0.881. The van der Waals surface area contributed by atoms with Gasteiger partial charge in [0.15, 0.2) is 0 Å². The monoisotopic (exact) mass is 158 g/mol. The Hall–Kier alpha value is -0.610. The molecule has 0 aliphatic carbocycles. The third-order valence-corrected chi connectivity index (χ3v) is 1.61. The third-order valence-electron chi connectivity index (χ3n) is 1.61. The van der Waals surface area contributed by atoms with E-state index in [1.54, 1.807) is 0 Å². The SMILES string of the molecule is NCCCC(=O)NC1COC1. The summed E-state index contributed by atoms with van der Waals surface area (Å²) in [5.74, 6) is 0.0868. The topological polar surface area (TPSA) is 64.4 Å². The second-order valence-corrected chi connectivity index (χ2v) is 2.69. The molecule has 3 N–H and O–H groups in total. The first kappa shape index (κ1) is 8.49. The summed E-state index contributed by atoms with van der Waals surface area (Å²) in [6.45, 7) is 1.90. The van der Waals surface area contributed by atoms with Crippen LogP contribution in [0.1, 0.15) is 12.8 Å². The number of nitrogens with two attached hydrogens (primary N) is 1. The van der Waals surface area contributed by atoms with Gasteiger partial charge in [-0.3, -0.25) is 4.79 Å². The molecule has 4 nitrogen and oxygen atoms in total. The highest BCUT2D eigenvalue weighted by Gasteiger charge is 2.19. The molecule has 11 heavy (non-hydrogen) atoms. The second-order valence-electron chi connectivity index (χ2n) is 2.69. The Kier molecular flexibility index (Phi) is 3.32. The van der Waals surface area contributed by atoms with Crippen molar-refractivity contribution in [3.8, 4) is 0 Å². The van der Waals surface area contributed by atoms with Crippen LogP contribution in [0.15, 0.2) is 0 Å². The molecule has 1 aliphatic rings. The van der Waals surface area contributed by atoms with Crippen molar-refractivity contribution in [3.05, 3.63) is 0 Å². The average Bonchev–Trinajstić information content (AvgIpc) is 1.93. The van der Waals surface area contributed by atoms with Crippen LogP contribution in [-0.2, 0) is 9.53 Å². The highest BCUT2D eigenvalue weighted by Crippen LogP contribution is 1.99. The fourth-order valence-electron chi connectivity index (χ4n) is 0.881. The number of hydrogen-bond acceptors (Lipinski definition) is 3. The smallest absolute Gasteiger partial charge is 0.220 e. The van der Waals surface area contributed by atoms with Gasteiger partial charge >= 0.3 is 0 Å². The Morgan fingerprint density at radius 1 is 1.64 bits per heavy atom. The van der Waals surface area contributed by atoms with Crippen molar-refractivity contribution in [3.63, 3.8) is 0 Å². The minimum Gasteiger partial charge on any atom is -0.377 e. The van der Waals surface area contributed by atoms with Crippen LogP contribution >= 0.6 is 0 Å². The van der Waals surface area contributed by atoms with Crippen LogP contribution in [0, 0.1) is 0 Å². The van der Waals surface area contributed by atoms with Crippen molar-refractivity contribution < 1.29 is 9.53 Å². The van der Waals surface area contributed by atoms with Gasteiger partial charge in [0.05, 0.1) is 19.3 Å². The lowest BCUT2D eigenvalue weighted by Crippen LogP contribution is -2.48. The number of rotatable bonds is 4. The van der Waals surface area contributed by atoms with Crippen molar-refractivity contribution in [1.29, 1.82) is 0 Å². The second kappa shape index (κ2) is 4.31. The molecule has 1 heterocycles. The van der Waals surface area contributed by atoms with E-state index in [0.717, 1.165) is 6.42 Å². The average molecular weight is 158 g/mol. The standard InChI is InChI=1S/C7H14N2O2/c8-3-1-2-7(10)9-6-4-11-5-6/h6H,1-5,8H2,(H,9,10). The van der Waals surface area contributed by atoms with Gasteiger partial charge in [-0.2, -0.15) is 0 Å². The van der Waals surface area contributed by atoms with Crippen LogP contribution in [0.3, 0.4) is 0 Å². The van der Waals surface area contributed by atoms with Gasteiger partial charge in [0, 0.05) is 6.42 Å². The molecule has 0 atom stereocenters. The molecule has 0 saturated carbocycles. The molecule has 1 saturated heterocycles. The first-order chi connectivity index (χ1) is 5.33. The van der Waals surface area contributed by atoms with E-state index in [0.29, 0.717) is 26.2 Å². The van der Waals surface area contributed by atoms with Crippen molar-refractivity contribution in [2.24, 2.45) is 5.73 Å². The van der Waals surface area contributed by atoms with Crippen molar-refractivity contribution in [2.45, 2.75) is 18.9 Å². The first-order valence-corrected chi connectivity index (χ1v) is 3.90. The lowest BCUT2D eigenvalue weighted by Gasteiger charge is -2.26. The molecule has 4 heteroatoms. The number of carbonyl (C=O) groups is 1. The van der Waals surface area contributed by atoms with E-state index < -0.39 is 0 Å². The van der Waals surface area contributed by atoms with Gasteiger partial charge in [-0.25, -0.2) is 0 Å². The highest BCUT2D eigenvalue weighted by molar-refractivity contribution is 5.76. The van der Waals surface area contributed by atoms with E-state index in [9.17, 15) is 4.79 Å². The first-order valence-electron chi connectivity index (χ1n) is 3.90. The molecule has 0 spiro atoms. The predicted octanol–water partition coefficient (Wildman–Crippen LogP) is -0.760. The fraction of sp³-hybridized carbons (Fsp3) is 0.857. The summed E-state index contributed by atoms with van der Waals surface area (Å²) >= 11 is 0. The Morgan fingerprint density at radius 2 is 2.36 bits per heavy atom. The number of amides is 1. The number of hydrogen-bond donors (Lipinski definition) is 2. The molecular formula is C7H14N2O2. The predicted molar refractivity (Wildman–Crippen MR) is 41.0 cm³/mol. The summed E-state index contributed by atoms with van der Waals surface area (Å²) in [5.41, 5.74) is 5.25. The lowest BCUT2D eigenvalue weighted by atomic mass is 10.2. The molecule has 0 bridgehead atoms. The minimum atomic E-state index is 0.0868. The summed E-state index contributed by atoms with van der Waals surface area (Å²) in [5, 5.41) is 2.83. The van der Waals surface area contributed by atoms with Gasteiger partial charge in [-0.1, -0.05) is 0 Å². The molecule has 0 radical (unpaired) electrons. The quantitative estimate of drug-likeness (QED) is 0.565. The summed E-state index contributed by atoms with van der Waals surface area (Å²) in [6.07, 6.45) is 1.30. The van der Waals surface area contributed by atoms with E-state index in [1.807, 2.05) is 0 Å². The van der Waals surface area contributed by atoms with Gasteiger partial charge in [0.1, 0.15) is 0 Å². The van der Waals surface area contributed by atoms with E-state index in [2.05, 4.69) is 5.32 Å². The van der Waals surface area contributed by atoms with Gasteiger partial charge in [-0.15, -0.1) is 0 Å². The van der Waals surface area contributed by atoms with Gasteiger partial charge < -0.3 is 15.8 Å². The Balaban J connectivity index is 2.00. The van der Waals surface area contributed by atoms with E-state index >= 15 is 0 Å². The van der Waals surface area contributed by atoms with Crippen molar-refractivity contribution >= 4 is 5.91 Å². The zero-order valence-electron chi connectivity index (χ0n) is 6.51. The maximum Gasteiger partial charge on any atom is 0.220 e. The molecule has 1 rings (SSSR count). The van der Waals surface area contributed by atoms with Gasteiger partial charge in [0.2, 0.25) is 5.91 Å². The zero-order chi connectivity index (χ0) is 8.10. The maximum absolute atomic E-state index is 11.0. The highest BCUT2D eigenvalue weighted by atomic mass is 16.5. The molecule has 0 aromatic rings. The van der Waals surface area contributed by atoms with Crippen LogP contribution in [0.25, 0.3) is 0 Å². The molecular weight excluding hydrogens is 144 g/mol. The summed E-state index contributed by atoms with van der Waals surface area (Å²) < 4.78 is 4.90. The molecule has 0 aromatic heterocycles. The largest absolute Gasteiger partial charge is 0.377 e. The summed E-state index contributed by atoms with van der Waals surface area (Å²) in [6, 6.07) is 0.250. The normalized spacial score (nSPS) is 17.5. The van der Waals surface area contributed by atoms with Crippen molar-refractivity contribution in [2.75, 3.05) is 19.8 Å². The Bertz CT molecular complexity index is 134. The van der Waals surface area contributed by atoms with Gasteiger partial charge in [0.25, 0.3) is 0 Å². The summed E-state index contributed by atoms with van der Waals surface area (Å²) in [4.78, 5) is 11.0. The zero-order valence-corrected chi connectivity index (χ0v) is 6.51. The Morgan fingerprint density at radius 3 is 2.82 bits per heavy atom. The number of carbonyl (C=O) groups excluding carboxylic acids is 1. The summed E-state index contributed by atoms with van der Waals surface area (Å²) in [7, 11) is 0. The van der Waals surface area contributed by atoms with E-state index in [4.69, 9.17) is 10.5 Å². The Labute approximate surface area is 66.1 Å². The molecule has 1 aliphatic heterocycles. The van der Waals surface area contributed by atoms with Crippen LogP contribution in [0.2, 0.25) is 0 Å². The van der Waals surface area contributed by atoms with Crippen molar-refractivity contribution in [1.82, 2.24) is 5.32 Å². The van der Waals surface area contributed by atoms with Crippen LogP contribution in [0.5, 0.6) is 0 Å². The number of ether oxygens (including phenoxy) is 1. The lowest BCUT2D eigenvalue weighted by molar-refractivity contribution is -0.125. The van der Waals surface area contributed by atoms with Crippen LogP contribution in [0.4, 0.5) is 0 Å². The molecule has 0 aromatic carbocycles. The van der Waals surface area contributed by atoms with Crippen LogP contribution < -0.4 is 11.1 Å². The minimum absolute atomic E-state index is 0.0868. The third kappa shape index (κ3) is 2.86. The molecule has 64 valence electrons. The molecule has 1 fully saturated rings. The maximum atomic E-state index is 11.0.